The molecule has 98 valence electrons. The summed E-state index contributed by atoms with van der Waals surface area (Å²) in [6.45, 7) is 2.20. The molecular weight excluding hydrogens is 267 g/mol. The van der Waals surface area contributed by atoms with E-state index in [0.717, 1.165) is 12.1 Å². The van der Waals surface area contributed by atoms with E-state index in [1.807, 2.05) is 0 Å². The number of amides is 1. The second kappa shape index (κ2) is 5.91. The zero-order valence-electron chi connectivity index (χ0n) is 9.51. The molecule has 0 aromatic heterocycles. The molecule has 6 heteroatoms. The molecule has 0 bridgehead atoms. The van der Waals surface area contributed by atoms with Crippen LogP contribution < -0.4 is 5.32 Å². The Hall–Kier alpha value is -1.49. The lowest BCUT2D eigenvalue weighted by Gasteiger charge is -2.09. The standard InChI is InChI=1S/C12H11ClF3NO/c1-2-17-11(18)6-4-8-3-5-10(13)9(7-8)12(14,15)16/h3-7H,2H2,1H3,(H,17,18)/b6-4+. The quantitative estimate of drug-likeness (QED) is 0.842. The Balaban J connectivity index is 2.96. The molecule has 1 rings (SSSR count). The molecule has 1 amide bonds. The van der Waals surface area contributed by atoms with Gasteiger partial charge < -0.3 is 5.32 Å². The van der Waals surface area contributed by atoms with Crippen molar-refractivity contribution < 1.29 is 18.0 Å². The number of hydrogen-bond acceptors (Lipinski definition) is 1. The van der Waals surface area contributed by atoms with E-state index in [1.54, 1.807) is 6.92 Å². The van der Waals surface area contributed by atoms with Crippen LogP contribution in [-0.4, -0.2) is 12.5 Å². The zero-order chi connectivity index (χ0) is 13.8. The van der Waals surface area contributed by atoms with Crippen molar-refractivity contribution in [2.45, 2.75) is 13.1 Å². The van der Waals surface area contributed by atoms with Crippen LogP contribution in [0, 0.1) is 0 Å². The van der Waals surface area contributed by atoms with Gasteiger partial charge in [0.05, 0.1) is 10.6 Å². The minimum Gasteiger partial charge on any atom is -0.353 e. The number of halogens is 4. The van der Waals surface area contributed by atoms with Crippen LogP contribution in [0.4, 0.5) is 13.2 Å². The van der Waals surface area contributed by atoms with Crippen molar-refractivity contribution >= 4 is 23.6 Å². The van der Waals surface area contributed by atoms with Gasteiger partial charge in [-0.1, -0.05) is 17.7 Å². The monoisotopic (exact) mass is 277 g/mol. The van der Waals surface area contributed by atoms with Crippen molar-refractivity contribution in [3.63, 3.8) is 0 Å². The summed E-state index contributed by atoms with van der Waals surface area (Å²) >= 11 is 5.47. The summed E-state index contributed by atoms with van der Waals surface area (Å²) in [6, 6.07) is 3.47. The summed E-state index contributed by atoms with van der Waals surface area (Å²) in [7, 11) is 0. The van der Waals surface area contributed by atoms with Gasteiger partial charge in [-0.3, -0.25) is 4.79 Å². The second-order valence-corrected chi connectivity index (χ2v) is 3.87. The van der Waals surface area contributed by atoms with Crippen LogP contribution in [0.3, 0.4) is 0 Å². The molecule has 0 unspecified atom stereocenters. The van der Waals surface area contributed by atoms with Gasteiger partial charge in [-0.05, 0) is 30.7 Å². The average Bonchev–Trinajstić information content (AvgIpc) is 2.27. The highest BCUT2D eigenvalue weighted by molar-refractivity contribution is 6.31. The Morgan fingerprint density at radius 1 is 1.44 bits per heavy atom. The van der Waals surface area contributed by atoms with Crippen molar-refractivity contribution in [2.75, 3.05) is 6.54 Å². The molecule has 2 nitrogen and oxygen atoms in total. The maximum Gasteiger partial charge on any atom is 0.417 e. The number of rotatable bonds is 3. The van der Waals surface area contributed by atoms with Crippen molar-refractivity contribution in [3.05, 3.63) is 40.4 Å². The van der Waals surface area contributed by atoms with Gasteiger partial charge in [0.15, 0.2) is 0 Å². The molecule has 1 aromatic carbocycles. The summed E-state index contributed by atoms with van der Waals surface area (Å²) in [4.78, 5) is 11.1. The number of alkyl halides is 3. The molecule has 0 aliphatic carbocycles. The molecule has 0 aliphatic heterocycles. The maximum absolute atomic E-state index is 12.6. The van der Waals surface area contributed by atoms with E-state index in [0.29, 0.717) is 6.54 Å². The first-order valence-electron chi connectivity index (χ1n) is 5.17. The van der Waals surface area contributed by atoms with E-state index in [2.05, 4.69) is 5.32 Å². The molecule has 0 saturated heterocycles. The summed E-state index contributed by atoms with van der Waals surface area (Å²) in [6.07, 6.45) is -2.03. The Morgan fingerprint density at radius 2 is 2.11 bits per heavy atom. The maximum atomic E-state index is 12.6. The first-order chi connectivity index (χ1) is 8.34. The molecule has 0 heterocycles. The minimum absolute atomic E-state index is 0.262. The molecule has 18 heavy (non-hydrogen) atoms. The lowest BCUT2D eigenvalue weighted by atomic mass is 10.1. The summed E-state index contributed by atoms with van der Waals surface area (Å²) in [5.74, 6) is -0.360. The van der Waals surface area contributed by atoms with E-state index in [9.17, 15) is 18.0 Å². The normalized spacial score (nSPS) is 11.8. The van der Waals surface area contributed by atoms with Gasteiger partial charge in [-0.15, -0.1) is 0 Å². The van der Waals surface area contributed by atoms with Crippen LogP contribution in [0.2, 0.25) is 5.02 Å². The Morgan fingerprint density at radius 3 is 2.67 bits per heavy atom. The highest BCUT2D eigenvalue weighted by Crippen LogP contribution is 2.35. The number of likely N-dealkylation sites (N-methyl/N-ethyl adjacent to an activating group) is 1. The van der Waals surface area contributed by atoms with Gasteiger partial charge in [-0.25, -0.2) is 0 Å². The van der Waals surface area contributed by atoms with E-state index in [4.69, 9.17) is 11.6 Å². The van der Waals surface area contributed by atoms with Crippen LogP contribution >= 0.6 is 11.6 Å². The number of hydrogen-bond donors (Lipinski definition) is 1. The highest BCUT2D eigenvalue weighted by atomic mass is 35.5. The number of nitrogens with one attached hydrogen (secondary N) is 1. The van der Waals surface area contributed by atoms with E-state index < -0.39 is 11.7 Å². The summed E-state index contributed by atoms with van der Waals surface area (Å²) in [5.41, 5.74) is -0.653. The van der Waals surface area contributed by atoms with Crippen molar-refractivity contribution in [1.82, 2.24) is 5.32 Å². The molecule has 1 aromatic rings. The summed E-state index contributed by atoms with van der Waals surface area (Å²) in [5, 5.41) is 2.13. The fourth-order valence-electron chi connectivity index (χ4n) is 1.27. The van der Waals surface area contributed by atoms with Crippen LogP contribution in [0.5, 0.6) is 0 Å². The average molecular weight is 278 g/mol. The fourth-order valence-corrected chi connectivity index (χ4v) is 1.49. The first-order valence-corrected chi connectivity index (χ1v) is 5.55. The van der Waals surface area contributed by atoms with Gasteiger partial charge >= 0.3 is 6.18 Å². The van der Waals surface area contributed by atoms with Gasteiger partial charge in [0.25, 0.3) is 0 Å². The second-order valence-electron chi connectivity index (χ2n) is 3.46. The van der Waals surface area contributed by atoms with E-state index in [1.165, 1.54) is 18.2 Å². The van der Waals surface area contributed by atoms with Gasteiger partial charge in [0.1, 0.15) is 0 Å². The zero-order valence-corrected chi connectivity index (χ0v) is 10.3. The largest absolute Gasteiger partial charge is 0.417 e. The molecule has 0 atom stereocenters. The fraction of sp³-hybridized carbons (Fsp3) is 0.250. The Bertz CT molecular complexity index is 469. The van der Waals surface area contributed by atoms with Crippen LogP contribution in [0.15, 0.2) is 24.3 Å². The van der Waals surface area contributed by atoms with Crippen LogP contribution in [0.25, 0.3) is 6.08 Å². The third-order valence-electron chi connectivity index (χ3n) is 2.07. The predicted molar refractivity (Wildman–Crippen MR) is 64.2 cm³/mol. The summed E-state index contributed by atoms with van der Waals surface area (Å²) < 4.78 is 37.7. The SMILES string of the molecule is CCNC(=O)/C=C/c1ccc(Cl)c(C(F)(F)F)c1. The minimum atomic E-state index is -4.51. The lowest BCUT2D eigenvalue weighted by molar-refractivity contribution is -0.137. The third-order valence-corrected chi connectivity index (χ3v) is 2.40. The lowest BCUT2D eigenvalue weighted by Crippen LogP contribution is -2.19. The predicted octanol–water partition coefficient (Wildman–Crippen LogP) is 3.51. The molecule has 0 spiro atoms. The van der Waals surface area contributed by atoms with Gasteiger partial charge in [0.2, 0.25) is 5.91 Å². The number of benzene rings is 1. The first kappa shape index (κ1) is 14.6. The highest BCUT2D eigenvalue weighted by Gasteiger charge is 2.33. The smallest absolute Gasteiger partial charge is 0.353 e. The van der Waals surface area contributed by atoms with E-state index >= 15 is 0 Å². The van der Waals surface area contributed by atoms with Crippen molar-refractivity contribution in [2.24, 2.45) is 0 Å². The van der Waals surface area contributed by atoms with Crippen molar-refractivity contribution in [3.8, 4) is 0 Å². The van der Waals surface area contributed by atoms with Crippen LogP contribution in [0.1, 0.15) is 18.1 Å². The Kier molecular flexibility index (Phi) is 4.78. The molecule has 1 N–H and O–H groups in total. The number of carbonyl (C=O) groups excluding carboxylic acids is 1. The van der Waals surface area contributed by atoms with E-state index in [-0.39, 0.29) is 16.5 Å². The number of carbonyl (C=O) groups is 1. The third kappa shape index (κ3) is 4.07. The topological polar surface area (TPSA) is 29.1 Å². The molecule has 0 fully saturated rings. The van der Waals surface area contributed by atoms with Gasteiger partial charge in [-0.2, -0.15) is 13.2 Å². The van der Waals surface area contributed by atoms with Gasteiger partial charge in [0, 0.05) is 12.6 Å². The molecule has 0 aliphatic rings. The van der Waals surface area contributed by atoms with Crippen molar-refractivity contribution in [1.29, 1.82) is 0 Å². The molecular formula is C12H11ClF3NO. The van der Waals surface area contributed by atoms with Crippen LogP contribution in [-0.2, 0) is 11.0 Å². The molecule has 0 radical (unpaired) electrons. The Labute approximate surface area is 107 Å². The molecule has 0 saturated carbocycles.